The minimum Gasteiger partial charge on any atom is -0.394 e. The number of rotatable bonds is 7. The third kappa shape index (κ3) is 4.48. The second-order valence-corrected chi connectivity index (χ2v) is 6.12. The molecule has 3 aromatic rings. The molecular formula is C20H18FN3O4. The van der Waals surface area contributed by atoms with Crippen molar-refractivity contribution in [3.8, 4) is 11.1 Å². The number of benzene rings is 2. The van der Waals surface area contributed by atoms with Crippen molar-refractivity contribution in [2.75, 3.05) is 13.2 Å². The smallest absolute Gasteiger partial charge is 0.251 e. The molecule has 0 spiro atoms. The Kier molecular flexibility index (Phi) is 5.93. The van der Waals surface area contributed by atoms with Gasteiger partial charge in [-0.2, -0.15) is 0 Å². The molecule has 1 aromatic heterocycles. The Morgan fingerprint density at radius 1 is 1.11 bits per heavy atom. The van der Waals surface area contributed by atoms with Crippen LogP contribution in [0.5, 0.6) is 0 Å². The Morgan fingerprint density at radius 2 is 1.86 bits per heavy atom. The molecule has 0 aliphatic rings. The van der Waals surface area contributed by atoms with Crippen molar-refractivity contribution in [2.24, 2.45) is 0 Å². The number of aliphatic hydroxyl groups is 2. The van der Waals surface area contributed by atoms with Crippen LogP contribution in [0.1, 0.15) is 26.5 Å². The minimum atomic E-state index is -1.09. The molecule has 0 bridgehead atoms. The summed E-state index contributed by atoms with van der Waals surface area (Å²) >= 11 is 0. The quantitative estimate of drug-likeness (QED) is 0.462. The lowest BCUT2D eigenvalue weighted by Crippen LogP contribution is -2.33. The third-order valence-corrected chi connectivity index (χ3v) is 4.06. The van der Waals surface area contributed by atoms with E-state index in [1.807, 2.05) is 0 Å². The third-order valence-electron chi connectivity index (χ3n) is 4.06. The fourth-order valence-electron chi connectivity index (χ4n) is 2.60. The molecule has 1 amide bonds. The van der Waals surface area contributed by atoms with Gasteiger partial charge in [-0.15, -0.1) is 0 Å². The van der Waals surface area contributed by atoms with E-state index in [9.17, 15) is 19.1 Å². The Hall–Kier alpha value is -3.36. The number of H-pyrrole nitrogens is 1. The van der Waals surface area contributed by atoms with Gasteiger partial charge in [-0.1, -0.05) is 24.3 Å². The van der Waals surface area contributed by atoms with Crippen LogP contribution in [0, 0.1) is 5.82 Å². The molecule has 3 rings (SSSR count). The molecule has 1 atom stereocenters. The minimum absolute atomic E-state index is 0.0795. The topological polar surface area (TPSA) is 115 Å². The lowest BCUT2D eigenvalue weighted by molar-refractivity contribution is 0.0801. The Morgan fingerprint density at radius 3 is 2.50 bits per heavy atom. The molecule has 0 aliphatic heterocycles. The maximum absolute atomic E-state index is 14.0. The van der Waals surface area contributed by atoms with Crippen LogP contribution < -0.4 is 5.32 Å². The number of aliphatic hydroxyl groups excluding tert-OH is 2. The van der Waals surface area contributed by atoms with Crippen molar-refractivity contribution in [2.45, 2.75) is 6.10 Å². The second kappa shape index (κ2) is 8.55. The van der Waals surface area contributed by atoms with Crippen LogP contribution in [0.15, 0.2) is 54.9 Å². The number of amides is 1. The number of aromatic amines is 1. The molecule has 0 aliphatic carbocycles. The summed E-state index contributed by atoms with van der Waals surface area (Å²) in [5.41, 5.74) is 1.59. The van der Waals surface area contributed by atoms with E-state index in [-0.39, 0.29) is 23.7 Å². The van der Waals surface area contributed by atoms with Gasteiger partial charge in [-0.05, 0) is 29.3 Å². The van der Waals surface area contributed by atoms with Gasteiger partial charge in [-0.25, -0.2) is 9.37 Å². The molecule has 1 unspecified atom stereocenters. The predicted octanol–water partition coefficient (Wildman–Crippen LogP) is 1.53. The van der Waals surface area contributed by atoms with Crippen LogP contribution in [0.3, 0.4) is 0 Å². The van der Waals surface area contributed by atoms with Crippen molar-refractivity contribution >= 4 is 11.7 Å². The average Bonchev–Trinajstić information content (AvgIpc) is 3.25. The zero-order chi connectivity index (χ0) is 20.1. The van der Waals surface area contributed by atoms with E-state index in [0.29, 0.717) is 16.7 Å². The van der Waals surface area contributed by atoms with Gasteiger partial charge < -0.3 is 20.5 Å². The second-order valence-electron chi connectivity index (χ2n) is 6.12. The summed E-state index contributed by atoms with van der Waals surface area (Å²) in [6, 6.07) is 10.4. The van der Waals surface area contributed by atoms with Gasteiger partial charge in [0.05, 0.1) is 12.7 Å². The highest BCUT2D eigenvalue weighted by molar-refractivity contribution is 6.06. The molecule has 2 aromatic carbocycles. The Balaban J connectivity index is 1.80. The van der Waals surface area contributed by atoms with Crippen LogP contribution in [0.25, 0.3) is 11.1 Å². The molecular weight excluding hydrogens is 365 g/mol. The van der Waals surface area contributed by atoms with Gasteiger partial charge >= 0.3 is 0 Å². The monoisotopic (exact) mass is 383 g/mol. The summed E-state index contributed by atoms with van der Waals surface area (Å²) in [6.07, 6.45) is 1.96. The van der Waals surface area contributed by atoms with Crippen molar-refractivity contribution in [3.05, 3.63) is 77.6 Å². The first kappa shape index (κ1) is 19.4. The number of ketones is 1. The lowest BCUT2D eigenvalue weighted by Gasteiger charge is -2.10. The molecule has 0 saturated heterocycles. The van der Waals surface area contributed by atoms with Gasteiger partial charge in [0.25, 0.3) is 5.91 Å². The number of carbonyl (C=O) groups excluding carboxylic acids is 2. The fraction of sp³-hybridized carbons (Fsp3) is 0.150. The van der Waals surface area contributed by atoms with Gasteiger partial charge in [0.1, 0.15) is 5.82 Å². The van der Waals surface area contributed by atoms with Gasteiger partial charge in [0.15, 0.2) is 5.82 Å². The normalized spacial score (nSPS) is 11.8. The Labute approximate surface area is 159 Å². The molecule has 144 valence electrons. The van der Waals surface area contributed by atoms with Crippen LogP contribution in [-0.4, -0.2) is 51.1 Å². The molecule has 0 saturated carbocycles. The largest absolute Gasteiger partial charge is 0.394 e. The number of imidazole rings is 1. The maximum atomic E-state index is 14.0. The van der Waals surface area contributed by atoms with Crippen molar-refractivity contribution < 1.29 is 24.2 Å². The van der Waals surface area contributed by atoms with E-state index in [2.05, 4.69) is 15.3 Å². The van der Waals surface area contributed by atoms with Crippen molar-refractivity contribution in [3.63, 3.8) is 0 Å². The van der Waals surface area contributed by atoms with E-state index in [4.69, 9.17) is 5.11 Å². The lowest BCUT2D eigenvalue weighted by atomic mass is 10.00. The van der Waals surface area contributed by atoms with Crippen LogP contribution in [0.2, 0.25) is 0 Å². The van der Waals surface area contributed by atoms with E-state index in [1.54, 1.807) is 30.5 Å². The van der Waals surface area contributed by atoms with Crippen LogP contribution in [0.4, 0.5) is 4.39 Å². The number of hydrogen-bond donors (Lipinski definition) is 4. The van der Waals surface area contributed by atoms with E-state index in [1.165, 1.54) is 18.3 Å². The fourth-order valence-corrected chi connectivity index (χ4v) is 2.60. The highest BCUT2D eigenvalue weighted by atomic mass is 19.1. The first-order valence-corrected chi connectivity index (χ1v) is 8.50. The van der Waals surface area contributed by atoms with Crippen LogP contribution >= 0.6 is 0 Å². The summed E-state index contributed by atoms with van der Waals surface area (Å²) in [6.45, 7) is -0.636. The summed E-state index contributed by atoms with van der Waals surface area (Å²) in [7, 11) is 0. The zero-order valence-corrected chi connectivity index (χ0v) is 14.7. The van der Waals surface area contributed by atoms with E-state index < -0.39 is 24.4 Å². The van der Waals surface area contributed by atoms with Gasteiger partial charge in [-0.3, -0.25) is 9.59 Å². The summed E-state index contributed by atoms with van der Waals surface area (Å²) in [5.74, 6) is -1.21. The maximum Gasteiger partial charge on any atom is 0.251 e. The summed E-state index contributed by atoms with van der Waals surface area (Å²) in [4.78, 5) is 31.1. The van der Waals surface area contributed by atoms with Crippen molar-refractivity contribution in [1.82, 2.24) is 15.3 Å². The van der Waals surface area contributed by atoms with Gasteiger partial charge in [0.2, 0.25) is 5.78 Å². The average molecular weight is 383 g/mol. The zero-order valence-electron chi connectivity index (χ0n) is 14.7. The van der Waals surface area contributed by atoms with E-state index in [0.717, 1.165) is 6.07 Å². The number of nitrogens with zero attached hydrogens (tertiary/aromatic N) is 1. The number of nitrogens with one attached hydrogen (secondary N) is 2. The molecule has 0 radical (unpaired) electrons. The molecule has 4 N–H and O–H groups in total. The number of hydrogen-bond acceptors (Lipinski definition) is 5. The Bertz CT molecular complexity index is 972. The molecule has 1 heterocycles. The van der Waals surface area contributed by atoms with Crippen molar-refractivity contribution in [1.29, 1.82) is 0 Å². The van der Waals surface area contributed by atoms with Crippen LogP contribution in [-0.2, 0) is 0 Å². The predicted molar refractivity (Wildman–Crippen MR) is 99.3 cm³/mol. The molecule has 28 heavy (non-hydrogen) atoms. The molecule has 7 nitrogen and oxygen atoms in total. The summed E-state index contributed by atoms with van der Waals surface area (Å²) in [5, 5.41) is 20.5. The first-order valence-electron chi connectivity index (χ1n) is 8.50. The number of aromatic nitrogens is 2. The SMILES string of the molecule is O=C(NCC(O)CO)c1cc(F)cc(-c2ccc(C(=O)c3ncc[nH]3)cc2)c1. The van der Waals surface area contributed by atoms with E-state index >= 15 is 0 Å². The number of carbonyl (C=O) groups is 2. The first-order chi connectivity index (χ1) is 13.5. The van der Waals surface area contributed by atoms with Gasteiger partial charge in [0, 0.05) is 30.1 Å². The molecule has 8 heteroatoms. The highest BCUT2D eigenvalue weighted by Gasteiger charge is 2.14. The highest BCUT2D eigenvalue weighted by Crippen LogP contribution is 2.23. The standard InChI is InChI=1S/C20H18FN3O4/c21-16-8-14(7-15(9-16)20(28)24-10-17(26)11-25)12-1-3-13(4-2-12)18(27)19-22-5-6-23-19/h1-9,17,25-26H,10-11H2,(H,22,23)(H,24,28). The number of halogens is 1. The molecule has 0 fully saturated rings. The summed E-state index contributed by atoms with van der Waals surface area (Å²) < 4.78 is 14.0.